The molecule has 0 bridgehead atoms. The zero-order valence-corrected chi connectivity index (χ0v) is 32.0. The Labute approximate surface area is 334 Å². The molecule has 3 aliphatic carbocycles. The van der Waals surface area contributed by atoms with Gasteiger partial charge in [0.1, 0.15) is 0 Å². The first-order valence-electron chi connectivity index (χ1n) is 20.1. The summed E-state index contributed by atoms with van der Waals surface area (Å²) < 4.78 is 0. The first-order valence-corrected chi connectivity index (χ1v) is 20.1. The smallest absolute Gasteiger partial charge is 0.0726 e. The van der Waals surface area contributed by atoms with Crippen LogP contribution in [0.1, 0.15) is 47.2 Å². The fraction of sp³-hybridized carbons (Fsp3) is 0.0714. The molecule has 1 nitrogen and oxygen atoms in total. The Morgan fingerprint density at radius 2 is 0.860 bits per heavy atom. The van der Waals surface area contributed by atoms with Gasteiger partial charge in [-0.25, -0.2) is 0 Å². The average Bonchev–Trinajstić information content (AvgIpc) is 3.74. The average molecular weight is 726 g/mol. The van der Waals surface area contributed by atoms with Crippen molar-refractivity contribution in [2.45, 2.75) is 24.7 Å². The maximum Gasteiger partial charge on any atom is 0.0726 e. The van der Waals surface area contributed by atoms with E-state index in [2.05, 4.69) is 219 Å². The third-order valence-corrected chi connectivity index (χ3v) is 13.3. The van der Waals surface area contributed by atoms with Crippen molar-refractivity contribution < 1.29 is 0 Å². The van der Waals surface area contributed by atoms with E-state index in [1.54, 1.807) is 0 Å². The van der Waals surface area contributed by atoms with Gasteiger partial charge < -0.3 is 4.90 Å². The lowest BCUT2D eigenvalue weighted by molar-refractivity contribution is 0.645. The van der Waals surface area contributed by atoms with Crippen LogP contribution in [0.4, 0.5) is 17.1 Å². The molecule has 0 radical (unpaired) electrons. The van der Waals surface area contributed by atoms with E-state index in [4.69, 9.17) is 0 Å². The lowest BCUT2D eigenvalue weighted by atomic mass is 9.68. The Balaban J connectivity index is 1.16. The maximum absolute atomic E-state index is 2.53. The summed E-state index contributed by atoms with van der Waals surface area (Å²) in [4.78, 5) is 2.53. The van der Waals surface area contributed by atoms with E-state index in [-0.39, 0.29) is 5.41 Å². The molecule has 0 atom stereocenters. The van der Waals surface area contributed by atoms with E-state index in [1.807, 2.05) is 0 Å². The van der Waals surface area contributed by atoms with E-state index in [0.717, 1.165) is 11.4 Å². The first kappa shape index (κ1) is 32.3. The summed E-state index contributed by atoms with van der Waals surface area (Å²) in [6.07, 6.45) is 0. The maximum atomic E-state index is 2.53. The Morgan fingerprint density at radius 3 is 1.51 bits per heavy atom. The molecule has 3 aliphatic rings. The summed E-state index contributed by atoms with van der Waals surface area (Å²) >= 11 is 0. The molecule has 0 aromatic heterocycles. The molecule has 57 heavy (non-hydrogen) atoms. The highest BCUT2D eigenvalue weighted by atomic mass is 15.1. The first-order chi connectivity index (χ1) is 28.0. The summed E-state index contributed by atoms with van der Waals surface area (Å²) in [5.41, 5.74) is 21.3. The fourth-order valence-electron chi connectivity index (χ4n) is 10.8. The highest BCUT2D eigenvalue weighted by molar-refractivity contribution is 6.10. The van der Waals surface area contributed by atoms with Crippen LogP contribution >= 0.6 is 0 Å². The molecular formula is C56H39N. The third-order valence-electron chi connectivity index (χ3n) is 13.3. The second-order valence-corrected chi connectivity index (χ2v) is 16.4. The summed E-state index contributed by atoms with van der Waals surface area (Å²) in [6, 6.07) is 75.0. The summed E-state index contributed by atoms with van der Waals surface area (Å²) in [6.45, 7) is 4.76. The molecular weight excluding hydrogens is 687 g/mol. The summed E-state index contributed by atoms with van der Waals surface area (Å²) in [5, 5.41) is 2.61. The molecule has 0 N–H and O–H groups in total. The van der Waals surface area contributed by atoms with Gasteiger partial charge in [0.15, 0.2) is 0 Å². The number of benzene rings is 9. The molecule has 0 saturated carbocycles. The van der Waals surface area contributed by atoms with Gasteiger partial charge in [0, 0.05) is 22.4 Å². The van der Waals surface area contributed by atoms with E-state index in [0.29, 0.717) is 0 Å². The standard InChI is InChI=1S/C56H39N/c1-55(2)46-22-10-9-21-45(46)54-52(34-29-38-17-14-26-50(55)53(38)54)57(39-30-27-37(28-31-39)36-15-4-3-5-16-36)40-32-33-44-43-20-8-13-25-49(43)56(51(44)35-40)47-23-11-6-18-41(47)42-19-7-12-24-48(42)56/h3-35H,1-2H3. The SMILES string of the molecule is CC1(C)c2ccccc2-c2c(N(c3ccc(-c4ccccc4)cc3)c3ccc4c(c3)C3(c5ccccc5-c5ccccc53)c3ccccc3-4)ccc3cccc1c23. The summed E-state index contributed by atoms with van der Waals surface area (Å²) in [7, 11) is 0. The molecule has 12 rings (SSSR count). The van der Waals surface area contributed by atoms with Crippen LogP contribution < -0.4 is 4.90 Å². The molecule has 9 aromatic rings. The van der Waals surface area contributed by atoms with Crippen molar-refractivity contribution in [3.8, 4) is 44.5 Å². The van der Waals surface area contributed by atoms with Crippen LogP contribution in [-0.4, -0.2) is 0 Å². The molecule has 9 aromatic carbocycles. The largest absolute Gasteiger partial charge is 0.310 e. The van der Waals surface area contributed by atoms with Gasteiger partial charge in [0.05, 0.1) is 11.1 Å². The van der Waals surface area contributed by atoms with Crippen molar-refractivity contribution in [1.82, 2.24) is 0 Å². The van der Waals surface area contributed by atoms with Crippen molar-refractivity contribution in [2.75, 3.05) is 4.90 Å². The van der Waals surface area contributed by atoms with Gasteiger partial charge >= 0.3 is 0 Å². The number of hydrogen-bond donors (Lipinski definition) is 0. The van der Waals surface area contributed by atoms with Crippen LogP contribution in [0.2, 0.25) is 0 Å². The van der Waals surface area contributed by atoms with Gasteiger partial charge in [0.2, 0.25) is 0 Å². The van der Waals surface area contributed by atoms with Crippen LogP contribution in [0.5, 0.6) is 0 Å². The molecule has 0 aliphatic heterocycles. The van der Waals surface area contributed by atoms with Crippen molar-refractivity contribution >= 4 is 27.8 Å². The zero-order valence-electron chi connectivity index (χ0n) is 32.0. The highest BCUT2D eigenvalue weighted by Crippen LogP contribution is 2.63. The fourth-order valence-corrected chi connectivity index (χ4v) is 10.8. The van der Waals surface area contributed by atoms with Gasteiger partial charge in [-0.15, -0.1) is 0 Å². The molecule has 0 saturated heterocycles. The van der Waals surface area contributed by atoms with Crippen molar-refractivity contribution in [1.29, 1.82) is 0 Å². The Kier molecular flexibility index (Phi) is 6.67. The van der Waals surface area contributed by atoms with Crippen LogP contribution in [0.25, 0.3) is 55.3 Å². The van der Waals surface area contributed by atoms with Gasteiger partial charge in [-0.05, 0) is 113 Å². The lowest BCUT2D eigenvalue weighted by Gasteiger charge is -2.38. The minimum atomic E-state index is -0.431. The Morgan fingerprint density at radius 1 is 0.351 bits per heavy atom. The quantitative estimate of drug-likeness (QED) is 0.175. The zero-order chi connectivity index (χ0) is 37.9. The van der Waals surface area contributed by atoms with Crippen LogP contribution in [0.3, 0.4) is 0 Å². The number of hydrogen-bond acceptors (Lipinski definition) is 1. The number of nitrogens with zero attached hydrogens (tertiary/aromatic N) is 1. The van der Waals surface area contributed by atoms with Crippen molar-refractivity contribution in [3.63, 3.8) is 0 Å². The van der Waals surface area contributed by atoms with Crippen LogP contribution in [0, 0.1) is 0 Å². The van der Waals surface area contributed by atoms with E-state index in [9.17, 15) is 0 Å². The molecule has 0 unspecified atom stereocenters. The third kappa shape index (κ3) is 4.29. The van der Waals surface area contributed by atoms with Gasteiger partial charge in [-0.3, -0.25) is 0 Å². The highest BCUT2D eigenvalue weighted by Gasteiger charge is 2.51. The Bertz CT molecular complexity index is 3030. The minimum Gasteiger partial charge on any atom is -0.310 e. The second-order valence-electron chi connectivity index (χ2n) is 16.4. The minimum absolute atomic E-state index is 0.140. The number of rotatable bonds is 4. The van der Waals surface area contributed by atoms with E-state index < -0.39 is 5.41 Å². The number of anilines is 3. The Hall–Kier alpha value is -6.96. The van der Waals surface area contributed by atoms with Crippen LogP contribution in [0.15, 0.2) is 200 Å². The molecule has 1 heteroatoms. The topological polar surface area (TPSA) is 3.24 Å². The predicted molar refractivity (Wildman–Crippen MR) is 238 cm³/mol. The molecule has 0 amide bonds. The normalized spacial score (nSPS) is 14.4. The molecule has 268 valence electrons. The van der Waals surface area contributed by atoms with Crippen molar-refractivity contribution in [3.05, 3.63) is 234 Å². The van der Waals surface area contributed by atoms with Crippen molar-refractivity contribution in [2.24, 2.45) is 0 Å². The van der Waals surface area contributed by atoms with Gasteiger partial charge in [-0.1, -0.05) is 184 Å². The van der Waals surface area contributed by atoms with Crippen LogP contribution in [-0.2, 0) is 10.8 Å². The van der Waals surface area contributed by atoms with E-state index in [1.165, 1.54) is 94.3 Å². The molecule has 1 spiro atoms. The van der Waals surface area contributed by atoms with Gasteiger partial charge in [-0.2, -0.15) is 0 Å². The lowest BCUT2D eigenvalue weighted by Crippen LogP contribution is -2.26. The van der Waals surface area contributed by atoms with E-state index >= 15 is 0 Å². The van der Waals surface area contributed by atoms with Gasteiger partial charge in [0.25, 0.3) is 0 Å². The monoisotopic (exact) mass is 725 g/mol. The molecule has 0 fully saturated rings. The number of fused-ring (bicyclic) bond motifs is 12. The predicted octanol–water partition coefficient (Wildman–Crippen LogP) is 14.6. The second kappa shape index (κ2) is 11.8. The molecule has 0 heterocycles. The summed E-state index contributed by atoms with van der Waals surface area (Å²) in [5.74, 6) is 0.